The summed E-state index contributed by atoms with van der Waals surface area (Å²) >= 11 is 0. The molecular formula is C23H25N5O5S. The third-order valence-corrected chi connectivity index (χ3v) is 7.30. The van der Waals surface area contributed by atoms with Crippen LogP contribution in [0.3, 0.4) is 0 Å². The zero-order valence-corrected chi connectivity index (χ0v) is 19.7. The number of amides is 1. The van der Waals surface area contributed by atoms with Crippen molar-refractivity contribution in [2.45, 2.75) is 11.8 Å². The van der Waals surface area contributed by atoms with Gasteiger partial charge in [-0.3, -0.25) is 4.79 Å². The Bertz CT molecular complexity index is 1290. The number of piperazine rings is 1. The summed E-state index contributed by atoms with van der Waals surface area (Å²) in [4.78, 5) is 22.5. The predicted octanol–water partition coefficient (Wildman–Crippen LogP) is 2.20. The van der Waals surface area contributed by atoms with Gasteiger partial charge in [0.25, 0.3) is 5.91 Å². The van der Waals surface area contributed by atoms with Crippen LogP contribution in [-0.4, -0.2) is 61.9 Å². The highest BCUT2D eigenvalue weighted by Crippen LogP contribution is 2.27. The molecule has 1 aromatic heterocycles. The lowest BCUT2D eigenvalue weighted by Gasteiger charge is -2.34. The number of para-hydroxylation sites is 1. The summed E-state index contributed by atoms with van der Waals surface area (Å²) in [5.41, 5.74) is 5.40. The number of nitrogens with zero attached hydrogens (tertiary/aromatic N) is 4. The molecule has 0 saturated carbocycles. The van der Waals surface area contributed by atoms with Crippen molar-refractivity contribution in [3.05, 3.63) is 66.0 Å². The van der Waals surface area contributed by atoms with Crippen LogP contribution in [0.5, 0.6) is 17.4 Å². The van der Waals surface area contributed by atoms with E-state index in [9.17, 15) is 13.2 Å². The fraction of sp³-hybridized carbons (Fsp3) is 0.261. The first kappa shape index (κ1) is 23.5. The van der Waals surface area contributed by atoms with Crippen LogP contribution < -0.4 is 20.1 Å². The number of nitrogens with two attached hydrogens (primary N) is 1. The minimum Gasteiger partial charge on any atom is -0.496 e. The Kier molecular flexibility index (Phi) is 6.66. The van der Waals surface area contributed by atoms with Gasteiger partial charge in [0.15, 0.2) is 0 Å². The molecule has 1 saturated heterocycles. The molecule has 1 aliphatic heterocycles. The van der Waals surface area contributed by atoms with E-state index in [1.165, 1.54) is 29.6 Å². The molecule has 0 bridgehead atoms. The number of carbonyl (C=O) groups excluding carboxylic acids is 1. The summed E-state index contributed by atoms with van der Waals surface area (Å²) in [6.45, 7) is 3.14. The second kappa shape index (κ2) is 9.65. The Morgan fingerprint density at radius 1 is 1.00 bits per heavy atom. The maximum absolute atomic E-state index is 13.2. The molecule has 2 aromatic carbocycles. The molecule has 10 nitrogen and oxygen atoms in total. The SMILES string of the molecule is COc1ccc(S(=O)(=O)N2CCN(c3cc(Oc4ccccc4)nc(C)n3)CC2)cc1C(N)=O. The van der Waals surface area contributed by atoms with Crippen LogP contribution in [0.4, 0.5) is 5.82 Å². The van der Waals surface area contributed by atoms with Crippen LogP contribution in [0.1, 0.15) is 16.2 Å². The largest absolute Gasteiger partial charge is 0.496 e. The molecule has 178 valence electrons. The van der Waals surface area contributed by atoms with Gasteiger partial charge in [0.05, 0.1) is 17.6 Å². The van der Waals surface area contributed by atoms with Crippen molar-refractivity contribution < 1.29 is 22.7 Å². The van der Waals surface area contributed by atoms with Gasteiger partial charge in [0.1, 0.15) is 23.1 Å². The second-order valence-electron chi connectivity index (χ2n) is 7.64. The normalized spacial score (nSPS) is 14.6. The first-order valence-electron chi connectivity index (χ1n) is 10.6. The fourth-order valence-electron chi connectivity index (χ4n) is 3.70. The van der Waals surface area contributed by atoms with Gasteiger partial charge in [-0.2, -0.15) is 9.29 Å². The number of benzene rings is 2. The van der Waals surface area contributed by atoms with Gasteiger partial charge in [-0.1, -0.05) is 18.2 Å². The molecule has 11 heteroatoms. The highest BCUT2D eigenvalue weighted by molar-refractivity contribution is 7.89. The number of aryl methyl sites for hydroxylation is 1. The van der Waals surface area contributed by atoms with Crippen molar-refractivity contribution >= 4 is 21.7 Å². The molecule has 0 aliphatic carbocycles. The molecule has 2 N–H and O–H groups in total. The van der Waals surface area contributed by atoms with E-state index in [1.807, 2.05) is 35.2 Å². The Morgan fingerprint density at radius 2 is 1.71 bits per heavy atom. The number of ether oxygens (including phenoxy) is 2. The number of sulfonamides is 1. The smallest absolute Gasteiger partial charge is 0.252 e. The van der Waals surface area contributed by atoms with Crippen LogP contribution in [0.15, 0.2) is 59.5 Å². The number of hydrogen-bond acceptors (Lipinski definition) is 8. The minimum atomic E-state index is -3.82. The third kappa shape index (κ3) is 4.95. The predicted molar refractivity (Wildman–Crippen MR) is 126 cm³/mol. The number of hydrogen-bond donors (Lipinski definition) is 1. The van der Waals surface area contributed by atoms with E-state index in [1.54, 1.807) is 13.0 Å². The Labute approximate surface area is 198 Å². The van der Waals surface area contributed by atoms with Crippen molar-refractivity contribution in [3.8, 4) is 17.4 Å². The van der Waals surface area contributed by atoms with Gasteiger partial charge in [-0.15, -0.1) is 0 Å². The van der Waals surface area contributed by atoms with E-state index in [2.05, 4.69) is 9.97 Å². The van der Waals surface area contributed by atoms with Gasteiger partial charge in [0, 0.05) is 32.2 Å². The van der Waals surface area contributed by atoms with E-state index < -0.39 is 15.9 Å². The zero-order valence-electron chi connectivity index (χ0n) is 18.8. The summed E-state index contributed by atoms with van der Waals surface area (Å²) < 4.78 is 38.7. The van der Waals surface area contributed by atoms with E-state index >= 15 is 0 Å². The molecule has 0 atom stereocenters. The highest BCUT2D eigenvalue weighted by atomic mass is 32.2. The monoisotopic (exact) mass is 483 g/mol. The molecule has 0 unspecified atom stereocenters. The molecule has 0 radical (unpaired) electrons. The summed E-state index contributed by atoms with van der Waals surface area (Å²) in [7, 11) is -2.43. The standard InChI is InChI=1S/C23H25N5O5S/c1-16-25-21(15-22(26-16)33-17-6-4-3-5-7-17)27-10-12-28(13-11-27)34(30,31)18-8-9-20(32-2)19(14-18)23(24)29/h3-9,14-15H,10-13H2,1-2H3,(H2,24,29). The summed E-state index contributed by atoms with van der Waals surface area (Å²) in [6, 6.07) is 15.2. The molecule has 1 aliphatic rings. The maximum atomic E-state index is 13.2. The fourth-order valence-corrected chi connectivity index (χ4v) is 5.14. The number of anilines is 1. The Morgan fingerprint density at radius 3 is 2.35 bits per heavy atom. The first-order chi connectivity index (χ1) is 16.3. The van der Waals surface area contributed by atoms with Gasteiger partial charge in [-0.25, -0.2) is 13.4 Å². The minimum absolute atomic E-state index is 0.00743. The van der Waals surface area contributed by atoms with Gasteiger partial charge >= 0.3 is 0 Å². The van der Waals surface area contributed by atoms with E-state index in [-0.39, 0.29) is 29.3 Å². The third-order valence-electron chi connectivity index (χ3n) is 5.40. The lowest BCUT2D eigenvalue weighted by atomic mass is 10.2. The number of primary amides is 1. The molecule has 4 rings (SSSR count). The van der Waals surface area contributed by atoms with Crippen molar-refractivity contribution in [2.75, 3.05) is 38.2 Å². The number of aromatic nitrogens is 2. The van der Waals surface area contributed by atoms with Crippen molar-refractivity contribution in [1.29, 1.82) is 0 Å². The lowest BCUT2D eigenvalue weighted by Crippen LogP contribution is -2.49. The van der Waals surface area contributed by atoms with Gasteiger partial charge in [-0.05, 0) is 37.3 Å². The lowest BCUT2D eigenvalue weighted by molar-refractivity contribution is 0.0997. The van der Waals surface area contributed by atoms with E-state index in [0.29, 0.717) is 36.4 Å². The molecule has 1 fully saturated rings. The highest BCUT2D eigenvalue weighted by Gasteiger charge is 2.30. The summed E-state index contributed by atoms with van der Waals surface area (Å²) in [5.74, 6) is 1.76. The molecule has 34 heavy (non-hydrogen) atoms. The van der Waals surface area contributed by atoms with Gasteiger partial charge < -0.3 is 20.1 Å². The average Bonchev–Trinajstić information content (AvgIpc) is 2.84. The molecule has 0 spiro atoms. The molecule has 2 heterocycles. The van der Waals surface area contributed by atoms with Gasteiger partial charge in [0.2, 0.25) is 15.9 Å². The Balaban J connectivity index is 1.49. The van der Waals surface area contributed by atoms with Crippen LogP contribution in [0.25, 0.3) is 0 Å². The average molecular weight is 484 g/mol. The molecule has 3 aromatic rings. The summed E-state index contributed by atoms with van der Waals surface area (Å²) in [5, 5.41) is 0. The number of carbonyl (C=O) groups is 1. The van der Waals surface area contributed by atoms with Crippen molar-refractivity contribution in [2.24, 2.45) is 5.73 Å². The topological polar surface area (TPSA) is 128 Å². The van der Waals surface area contributed by atoms with Crippen LogP contribution >= 0.6 is 0 Å². The molecular weight excluding hydrogens is 458 g/mol. The molecule has 1 amide bonds. The number of methoxy groups -OCH3 is 1. The maximum Gasteiger partial charge on any atom is 0.252 e. The van der Waals surface area contributed by atoms with Crippen LogP contribution in [0, 0.1) is 6.92 Å². The van der Waals surface area contributed by atoms with E-state index in [4.69, 9.17) is 15.2 Å². The number of rotatable bonds is 7. The summed E-state index contributed by atoms with van der Waals surface area (Å²) in [6.07, 6.45) is 0. The first-order valence-corrected chi connectivity index (χ1v) is 12.0. The zero-order chi connectivity index (χ0) is 24.3. The quantitative estimate of drug-likeness (QED) is 0.542. The van der Waals surface area contributed by atoms with Crippen molar-refractivity contribution in [1.82, 2.24) is 14.3 Å². The van der Waals surface area contributed by atoms with Crippen LogP contribution in [-0.2, 0) is 10.0 Å². The van der Waals surface area contributed by atoms with Crippen molar-refractivity contribution in [3.63, 3.8) is 0 Å². The van der Waals surface area contributed by atoms with E-state index in [0.717, 1.165) is 0 Å². The van der Waals surface area contributed by atoms with Crippen LogP contribution in [0.2, 0.25) is 0 Å². The second-order valence-corrected chi connectivity index (χ2v) is 9.58. The Hall–Kier alpha value is -3.70.